The van der Waals surface area contributed by atoms with E-state index in [9.17, 15) is 9.90 Å². The average Bonchev–Trinajstić information content (AvgIpc) is 2.84. The summed E-state index contributed by atoms with van der Waals surface area (Å²) < 4.78 is 5.71. The fourth-order valence-corrected chi connectivity index (χ4v) is 2.20. The van der Waals surface area contributed by atoms with Crippen LogP contribution >= 0.6 is 0 Å². The molecule has 4 nitrogen and oxygen atoms in total. The molecule has 0 unspecified atom stereocenters. The second-order valence-corrected chi connectivity index (χ2v) is 4.79. The van der Waals surface area contributed by atoms with E-state index in [0.29, 0.717) is 17.0 Å². The Morgan fingerprint density at radius 3 is 2.75 bits per heavy atom. The summed E-state index contributed by atoms with van der Waals surface area (Å²) in [6, 6.07) is 10.9. The maximum Gasteiger partial charge on any atom is 0.338 e. The van der Waals surface area contributed by atoms with Gasteiger partial charge in [0.15, 0.2) is 5.58 Å². The van der Waals surface area contributed by atoms with Crippen LogP contribution in [0.4, 0.5) is 0 Å². The summed E-state index contributed by atoms with van der Waals surface area (Å²) in [7, 11) is 0. The van der Waals surface area contributed by atoms with E-state index in [-0.39, 0.29) is 5.56 Å². The third-order valence-electron chi connectivity index (χ3n) is 3.27. The normalized spacial score (nSPS) is 10.9. The Morgan fingerprint density at radius 1 is 1.20 bits per heavy atom. The van der Waals surface area contributed by atoms with E-state index in [4.69, 9.17) is 4.42 Å². The summed E-state index contributed by atoms with van der Waals surface area (Å²) in [6.07, 6.45) is 0. The number of hydrogen-bond acceptors (Lipinski definition) is 3. The van der Waals surface area contributed by atoms with Crippen molar-refractivity contribution in [1.29, 1.82) is 0 Å². The van der Waals surface area contributed by atoms with Crippen molar-refractivity contribution in [3.8, 4) is 11.5 Å². The molecule has 3 rings (SSSR count). The van der Waals surface area contributed by atoms with Crippen molar-refractivity contribution in [3.63, 3.8) is 0 Å². The van der Waals surface area contributed by atoms with Gasteiger partial charge in [-0.3, -0.25) is 0 Å². The molecular formula is C16H13NO3. The van der Waals surface area contributed by atoms with Crippen LogP contribution in [-0.2, 0) is 0 Å². The Balaban J connectivity index is 2.26. The minimum absolute atomic E-state index is 0.155. The molecule has 1 N–H and O–H groups in total. The van der Waals surface area contributed by atoms with Gasteiger partial charge in [-0.1, -0.05) is 23.8 Å². The molecule has 0 saturated carbocycles. The number of carbonyl (C=O) groups is 1. The van der Waals surface area contributed by atoms with Gasteiger partial charge in [0.05, 0.1) is 5.56 Å². The highest BCUT2D eigenvalue weighted by Gasteiger charge is 2.16. The predicted molar refractivity (Wildman–Crippen MR) is 75.9 cm³/mol. The number of aryl methyl sites for hydroxylation is 2. The molecule has 0 fully saturated rings. The van der Waals surface area contributed by atoms with E-state index in [2.05, 4.69) is 4.98 Å². The van der Waals surface area contributed by atoms with Crippen molar-refractivity contribution < 1.29 is 14.3 Å². The van der Waals surface area contributed by atoms with Crippen molar-refractivity contribution in [3.05, 3.63) is 53.1 Å². The van der Waals surface area contributed by atoms with Crippen LogP contribution in [0.25, 0.3) is 22.6 Å². The molecule has 0 aliphatic rings. The van der Waals surface area contributed by atoms with Crippen molar-refractivity contribution in [2.45, 2.75) is 13.8 Å². The molecule has 0 aliphatic carbocycles. The number of carboxylic acid groups (broad SMARTS) is 1. The summed E-state index contributed by atoms with van der Waals surface area (Å²) >= 11 is 0. The first-order valence-corrected chi connectivity index (χ1v) is 6.27. The van der Waals surface area contributed by atoms with E-state index in [1.165, 1.54) is 6.07 Å². The van der Waals surface area contributed by atoms with E-state index < -0.39 is 5.97 Å². The minimum atomic E-state index is -1.00. The van der Waals surface area contributed by atoms with Gasteiger partial charge in [0, 0.05) is 5.56 Å². The Labute approximate surface area is 115 Å². The maximum atomic E-state index is 11.2. The van der Waals surface area contributed by atoms with Crippen LogP contribution in [0.1, 0.15) is 21.5 Å². The molecule has 20 heavy (non-hydrogen) atoms. The van der Waals surface area contributed by atoms with Gasteiger partial charge >= 0.3 is 5.97 Å². The third kappa shape index (κ3) is 1.95. The van der Waals surface area contributed by atoms with Gasteiger partial charge < -0.3 is 9.52 Å². The van der Waals surface area contributed by atoms with Gasteiger partial charge in [-0.05, 0) is 37.6 Å². The standard InChI is InChI=1S/C16H13NO3/c1-9-6-7-10(2)12(8-9)15-17-14-11(16(18)19)4-3-5-13(14)20-15/h3-8H,1-2H3,(H,18,19). The number of carboxylic acids is 1. The van der Waals surface area contributed by atoms with Crippen LogP contribution in [0.2, 0.25) is 0 Å². The smallest absolute Gasteiger partial charge is 0.338 e. The van der Waals surface area contributed by atoms with Gasteiger partial charge in [0.25, 0.3) is 0 Å². The van der Waals surface area contributed by atoms with E-state index >= 15 is 0 Å². The quantitative estimate of drug-likeness (QED) is 0.766. The average molecular weight is 267 g/mol. The van der Waals surface area contributed by atoms with E-state index in [1.54, 1.807) is 12.1 Å². The first kappa shape index (κ1) is 12.4. The van der Waals surface area contributed by atoms with Crippen LogP contribution in [-0.4, -0.2) is 16.1 Å². The zero-order valence-corrected chi connectivity index (χ0v) is 11.2. The zero-order valence-electron chi connectivity index (χ0n) is 11.2. The molecular weight excluding hydrogens is 254 g/mol. The van der Waals surface area contributed by atoms with E-state index in [0.717, 1.165) is 16.7 Å². The zero-order chi connectivity index (χ0) is 14.3. The molecule has 3 aromatic rings. The summed E-state index contributed by atoms with van der Waals surface area (Å²) in [4.78, 5) is 15.6. The van der Waals surface area contributed by atoms with Crippen molar-refractivity contribution in [2.24, 2.45) is 0 Å². The lowest BCUT2D eigenvalue weighted by molar-refractivity contribution is 0.0699. The molecule has 0 radical (unpaired) electrons. The fraction of sp³-hybridized carbons (Fsp3) is 0.125. The number of fused-ring (bicyclic) bond motifs is 1. The topological polar surface area (TPSA) is 63.3 Å². The number of hydrogen-bond donors (Lipinski definition) is 1. The fourth-order valence-electron chi connectivity index (χ4n) is 2.20. The SMILES string of the molecule is Cc1ccc(C)c(-c2nc3c(C(=O)O)cccc3o2)c1. The monoisotopic (exact) mass is 267 g/mol. The molecule has 0 amide bonds. The van der Waals surface area contributed by atoms with Gasteiger partial charge in [0.1, 0.15) is 5.52 Å². The van der Waals surface area contributed by atoms with Gasteiger partial charge in [-0.15, -0.1) is 0 Å². The van der Waals surface area contributed by atoms with Crippen molar-refractivity contribution in [2.75, 3.05) is 0 Å². The second-order valence-electron chi connectivity index (χ2n) is 4.79. The van der Waals surface area contributed by atoms with Crippen molar-refractivity contribution in [1.82, 2.24) is 4.98 Å². The molecule has 1 heterocycles. The predicted octanol–water partition coefficient (Wildman–Crippen LogP) is 3.81. The number of para-hydroxylation sites is 1. The molecule has 2 aromatic carbocycles. The molecule has 4 heteroatoms. The molecule has 1 aromatic heterocycles. The Bertz CT molecular complexity index is 818. The lowest BCUT2D eigenvalue weighted by Gasteiger charge is -2.02. The number of oxazole rings is 1. The Kier molecular flexibility index (Phi) is 2.79. The second kappa shape index (κ2) is 4.49. The first-order valence-electron chi connectivity index (χ1n) is 6.27. The number of aromatic nitrogens is 1. The van der Waals surface area contributed by atoms with Gasteiger partial charge in [-0.25, -0.2) is 9.78 Å². The minimum Gasteiger partial charge on any atom is -0.478 e. The Hall–Kier alpha value is -2.62. The van der Waals surface area contributed by atoms with Crippen LogP contribution in [0.3, 0.4) is 0 Å². The van der Waals surface area contributed by atoms with Crippen LogP contribution < -0.4 is 0 Å². The number of aromatic carboxylic acids is 1. The maximum absolute atomic E-state index is 11.2. The lowest BCUT2D eigenvalue weighted by atomic mass is 10.1. The molecule has 0 atom stereocenters. The molecule has 0 saturated heterocycles. The van der Waals surface area contributed by atoms with Crippen LogP contribution in [0.5, 0.6) is 0 Å². The van der Waals surface area contributed by atoms with Crippen LogP contribution in [0, 0.1) is 13.8 Å². The summed E-state index contributed by atoms with van der Waals surface area (Å²) in [5, 5.41) is 9.18. The molecule has 0 aliphatic heterocycles. The first-order chi connectivity index (χ1) is 9.56. The highest BCUT2D eigenvalue weighted by atomic mass is 16.4. The van der Waals surface area contributed by atoms with Gasteiger partial charge in [0.2, 0.25) is 5.89 Å². The Morgan fingerprint density at radius 2 is 2.00 bits per heavy atom. The third-order valence-corrected chi connectivity index (χ3v) is 3.27. The number of benzene rings is 2. The lowest BCUT2D eigenvalue weighted by Crippen LogP contribution is -1.96. The van der Waals surface area contributed by atoms with Crippen LogP contribution in [0.15, 0.2) is 40.8 Å². The molecule has 0 spiro atoms. The van der Waals surface area contributed by atoms with Crippen molar-refractivity contribution >= 4 is 17.1 Å². The number of nitrogens with zero attached hydrogens (tertiary/aromatic N) is 1. The summed E-state index contributed by atoms with van der Waals surface area (Å²) in [5.41, 5.74) is 4.06. The highest BCUT2D eigenvalue weighted by Crippen LogP contribution is 2.29. The molecule has 100 valence electrons. The number of rotatable bonds is 2. The highest BCUT2D eigenvalue weighted by molar-refractivity contribution is 6.00. The summed E-state index contributed by atoms with van der Waals surface area (Å²) in [5.74, 6) is -0.550. The van der Waals surface area contributed by atoms with Gasteiger partial charge in [-0.2, -0.15) is 0 Å². The largest absolute Gasteiger partial charge is 0.478 e. The molecule has 0 bridgehead atoms. The summed E-state index contributed by atoms with van der Waals surface area (Å²) in [6.45, 7) is 3.97. The van der Waals surface area contributed by atoms with E-state index in [1.807, 2.05) is 32.0 Å².